The predicted molar refractivity (Wildman–Crippen MR) is 60.9 cm³/mol. The molecule has 1 atom stereocenters. The van der Waals surface area contributed by atoms with Gasteiger partial charge in [-0.05, 0) is 25.5 Å². The lowest BCUT2D eigenvalue weighted by Gasteiger charge is -2.21. The Balaban J connectivity index is 2.52. The van der Waals surface area contributed by atoms with Crippen molar-refractivity contribution < 1.29 is 14.2 Å². The molecule has 1 aromatic rings. The van der Waals surface area contributed by atoms with E-state index in [1.807, 2.05) is 6.92 Å². The summed E-state index contributed by atoms with van der Waals surface area (Å²) < 4.78 is 18.3. The van der Waals surface area contributed by atoms with E-state index < -0.39 is 5.60 Å². The summed E-state index contributed by atoms with van der Waals surface area (Å²) in [5.74, 6) is 0.180. The number of hydrogen-bond acceptors (Lipinski definition) is 3. The van der Waals surface area contributed by atoms with E-state index in [0.29, 0.717) is 18.8 Å². The fourth-order valence-corrected chi connectivity index (χ4v) is 1.21. The molecule has 0 aliphatic rings. The van der Waals surface area contributed by atoms with Gasteiger partial charge >= 0.3 is 0 Å². The van der Waals surface area contributed by atoms with Crippen LogP contribution in [-0.4, -0.2) is 23.9 Å². The molecule has 0 heterocycles. The molecule has 0 aliphatic heterocycles. The summed E-state index contributed by atoms with van der Waals surface area (Å²) >= 11 is 0. The number of aryl methyl sites for hydroxylation is 1. The zero-order valence-corrected chi connectivity index (χ0v) is 9.66. The number of nitrogens with two attached hydrogens (primary N) is 1. The summed E-state index contributed by atoms with van der Waals surface area (Å²) in [6.07, 6.45) is 0.416. The van der Waals surface area contributed by atoms with Gasteiger partial charge in [0.15, 0.2) is 0 Å². The molecule has 0 aromatic heterocycles. The number of halogens is 1. The molecule has 16 heavy (non-hydrogen) atoms. The molecule has 1 unspecified atom stereocenters. The van der Waals surface area contributed by atoms with Crippen LogP contribution in [0, 0.1) is 12.7 Å². The first-order valence-corrected chi connectivity index (χ1v) is 5.26. The Bertz CT molecular complexity index is 353. The Morgan fingerprint density at radius 3 is 2.81 bits per heavy atom. The molecule has 0 bridgehead atoms. The molecule has 3 N–H and O–H groups in total. The minimum absolute atomic E-state index is 0.179. The molecule has 0 saturated carbocycles. The monoisotopic (exact) mass is 227 g/mol. The fraction of sp³-hybridized carbons (Fsp3) is 0.500. The SMILES string of the molecule is Cc1ccc(F)cc1OCCC(C)(O)CN. The van der Waals surface area contributed by atoms with Crippen LogP contribution in [0.4, 0.5) is 4.39 Å². The van der Waals surface area contributed by atoms with Crippen LogP contribution in [0.25, 0.3) is 0 Å². The van der Waals surface area contributed by atoms with Gasteiger partial charge in [0.25, 0.3) is 0 Å². The van der Waals surface area contributed by atoms with Gasteiger partial charge in [0.05, 0.1) is 12.2 Å². The average Bonchev–Trinajstić information content (AvgIpc) is 2.23. The van der Waals surface area contributed by atoms with Gasteiger partial charge in [0.1, 0.15) is 11.6 Å². The second-order valence-electron chi connectivity index (χ2n) is 4.21. The molecule has 0 spiro atoms. The van der Waals surface area contributed by atoms with E-state index in [0.717, 1.165) is 5.56 Å². The minimum Gasteiger partial charge on any atom is -0.493 e. The first-order chi connectivity index (χ1) is 7.44. The van der Waals surface area contributed by atoms with Crippen molar-refractivity contribution in [1.29, 1.82) is 0 Å². The third-order valence-corrected chi connectivity index (χ3v) is 2.49. The summed E-state index contributed by atoms with van der Waals surface area (Å²) in [5.41, 5.74) is 5.31. The van der Waals surface area contributed by atoms with Crippen LogP contribution in [0.2, 0.25) is 0 Å². The third kappa shape index (κ3) is 3.79. The van der Waals surface area contributed by atoms with Crippen molar-refractivity contribution in [2.24, 2.45) is 5.73 Å². The maximum absolute atomic E-state index is 12.9. The highest BCUT2D eigenvalue weighted by Crippen LogP contribution is 2.19. The van der Waals surface area contributed by atoms with Crippen molar-refractivity contribution in [2.75, 3.05) is 13.2 Å². The van der Waals surface area contributed by atoms with Crippen LogP contribution in [0.15, 0.2) is 18.2 Å². The molecule has 90 valence electrons. The van der Waals surface area contributed by atoms with Gasteiger partial charge in [0.2, 0.25) is 0 Å². The highest BCUT2D eigenvalue weighted by molar-refractivity contribution is 5.32. The number of hydrogen-bond donors (Lipinski definition) is 2. The topological polar surface area (TPSA) is 55.5 Å². The summed E-state index contributed by atoms with van der Waals surface area (Å²) in [6, 6.07) is 4.39. The van der Waals surface area contributed by atoms with Crippen molar-refractivity contribution >= 4 is 0 Å². The molecule has 1 aromatic carbocycles. The van der Waals surface area contributed by atoms with E-state index in [9.17, 15) is 9.50 Å². The maximum Gasteiger partial charge on any atom is 0.126 e. The zero-order chi connectivity index (χ0) is 12.2. The van der Waals surface area contributed by atoms with E-state index in [2.05, 4.69) is 0 Å². The van der Waals surface area contributed by atoms with Gasteiger partial charge < -0.3 is 15.6 Å². The Hall–Kier alpha value is -1.13. The smallest absolute Gasteiger partial charge is 0.126 e. The number of benzene rings is 1. The normalized spacial score (nSPS) is 14.6. The quantitative estimate of drug-likeness (QED) is 0.803. The Kier molecular flexibility index (Phi) is 4.26. The predicted octanol–water partition coefficient (Wildman–Crippen LogP) is 1.61. The lowest BCUT2D eigenvalue weighted by molar-refractivity contribution is 0.0452. The van der Waals surface area contributed by atoms with Crippen LogP contribution in [0.1, 0.15) is 18.9 Å². The molecule has 0 amide bonds. The van der Waals surface area contributed by atoms with Crippen LogP contribution in [0.5, 0.6) is 5.75 Å². The molecular formula is C12H18FNO2. The summed E-state index contributed by atoms with van der Waals surface area (Å²) in [5, 5.41) is 9.65. The van der Waals surface area contributed by atoms with Crippen LogP contribution < -0.4 is 10.5 Å². The first-order valence-electron chi connectivity index (χ1n) is 5.26. The second kappa shape index (κ2) is 5.27. The number of aliphatic hydroxyl groups is 1. The largest absolute Gasteiger partial charge is 0.493 e. The van der Waals surface area contributed by atoms with E-state index in [4.69, 9.17) is 10.5 Å². The standard InChI is InChI=1S/C12H18FNO2/c1-9-3-4-10(13)7-11(9)16-6-5-12(2,15)8-14/h3-4,7,15H,5-6,8,14H2,1-2H3. The fourth-order valence-electron chi connectivity index (χ4n) is 1.21. The van der Waals surface area contributed by atoms with E-state index >= 15 is 0 Å². The summed E-state index contributed by atoms with van der Waals surface area (Å²) in [7, 11) is 0. The zero-order valence-electron chi connectivity index (χ0n) is 9.66. The average molecular weight is 227 g/mol. The summed E-state index contributed by atoms with van der Waals surface area (Å²) in [4.78, 5) is 0. The third-order valence-electron chi connectivity index (χ3n) is 2.49. The molecule has 3 nitrogen and oxygen atoms in total. The lowest BCUT2D eigenvalue weighted by atomic mass is 10.0. The molecule has 1 rings (SSSR count). The van der Waals surface area contributed by atoms with E-state index in [1.54, 1.807) is 13.0 Å². The van der Waals surface area contributed by atoms with Crippen LogP contribution in [0.3, 0.4) is 0 Å². The first kappa shape index (κ1) is 12.9. The van der Waals surface area contributed by atoms with Gasteiger partial charge in [-0.1, -0.05) is 6.07 Å². The molecule has 0 aliphatic carbocycles. The molecule has 4 heteroatoms. The molecule has 0 fully saturated rings. The molecule has 0 saturated heterocycles. The second-order valence-corrected chi connectivity index (χ2v) is 4.21. The van der Waals surface area contributed by atoms with Crippen LogP contribution in [-0.2, 0) is 0 Å². The van der Waals surface area contributed by atoms with Crippen molar-refractivity contribution in [1.82, 2.24) is 0 Å². The highest BCUT2D eigenvalue weighted by atomic mass is 19.1. The molecular weight excluding hydrogens is 209 g/mol. The van der Waals surface area contributed by atoms with Crippen LogP contribution >= 0.6 is 0 Å². The van der Waals surface area contributed by atoms with Crippen molar-refractivity contribution in [3.8, 4) is 5.75 Å². The maximum atomic E-state index is 12.9. The highest BCUT2D eigenvalue weighted by Gasteiger charge is 2.17. The lowest BCUT2D eigenvalue weighted by Crippen LogP contribution is -2.35. The van der Waals surface area contributed by atoms with Gasteiger partial charge in [-0.25, -0.2) is 4.39 Å². The van der Waals surface area contributed by atoms with Crippen molar-refractivity contribution in [3.05, 3.63) is 29.6 Å². The number of ether oxygens (including phenoxy) is 1. The molecule has 0 radical (unpaired) electrons. The van der Waals surface area contributed by atoms with Crippen molar-refractivity contribution in [2.45, 2.75) is 25.9 Å². The van der Waals surface area contributed by atoms with Gasteiger partial charge in [0, 0.05) is 19.0 Å². The Morgan fingerprint density at radius 1 is 1.50 bits per heavy atom. The Morgan fingerprint density at radius 2 is 2.19 bits per heavy atom. The minimum atomic E-state index is -0.929. The van der Waals surface area contributed by atoms with E-state index in [1.165, 1.54) is 12.1 Å². The van der Waals surface area contributed by atoms with Crippen molar-refractivity contribution in [3.63, 3.8) is 0 Å². The number of rotatable bonds is 5. The van der Waals surface area contributed by atoms with E-state index in [-0.39, 0.29) is 12.4 Å². The van der Waals surface area contributed by atoms with Gasteiger partial charge in [-0.15, -0.1) is 0 Å². The summed E-state index contributed by atoms with van der Waals surface area (Å²) in [6.45, 7) is 3.98. The van der Waals surface area contributed by atoms with Gasteiger partial charge in [-0.3, -0.25) is 0 Å². The Labute approximate surface area is 95.0 Å². The van der Waals surface area contributed by atoms with Gasteiger partial charge in [-0.2, -0.15) is 0 Å².